The molecule has 0 atom stereocenters. The highest BCUT2D eigenvalue weighted by atomic mass is 19.3. The van der Waals surface area contributed by atoms with E-state index in [1.807, 2.05) is 19.9 Å². The van der Waals surface area contributed by atoms with Crippen LogP contribution in [0.2, 0.25) is 0 Å². The number of aromatic nitrogens is 1. The Labute approximate surface area is 94.2 Å². The van der Waals surface area contributed by atoms with Crippen molar-refractivity contribution in [3.05, 3.63) is 23.0 Å². The molecule has 1 fully saturated rings. The first-order valence-corrected chi connectivity index (χ1v) is 5.66. The number of aromatic amines is 1. The lowest BCUT2D eigenvalue weighted by Crippen LogP contribution is -2.43. The van der Waals surface area contributed by atoms with Crippen LogP contribution in [-0.4, -0.2) is 10.9 Å². The molecule has 0 aliphatic heterocycles. The molecule has 2 nitrogen and oxygen atoms in total. The number of rotatable bonds is 1. The summed E-state index contributed by atoms with van der Waals surface area (Å²) in [5.74, 6) is -2.53. The van der Waals surface area contributed by atoms with Gasteiger partial charge in [0.15, 0.2) is 0 Å². The Morgan fingerprint density at radius 3 is 2.19 bits per heavy atom. The van der Waals surface area contributed by atoms with Crippen molar-refractivity contribution in [2.45, 2.75) is 51.0 Å². The van der Waals surface area contributed by atoms with Gasteiger partial charge in [-0.2, -0.15) is 0 Å². The summed E-state index contributed by atoms with van der Waals surface area (Å²) in [6.45, 7) is 3.90. The normalized spacial score (nSPS) is 23.3. The highest BCUT2D eigenvalue weighted by Crippen LogP contribution is 2.43. The van der Waals surface area contributed by atoms with E-state index in [4.69, 9.17) is 5.73 Å². The summed E-state index contributed by atoms with van der Waals surface area (Å²) >= 11 is 0. The van der Waals surface area contributed by atoms with Gasteiger partial charge in [-0.15, -0.1) is 0 Å². The van der Waals surface area contributed by atoms with E-state index >= 15 is 0 Å². The molecule has 1 aliphatic carbocycles. The van der Waals surface area contributed by atoms with E-state index in [2.05, 4.69) is 4.98 Å². The summed E-state index contributed by atoms with van der Waals surface area (Å²) in [5.41, 5.74) is 8.73. The molecule has 0 saturated heterocycles. The number of alkyl halides is 2. The molecule has 1 aromatic rings. The van der Waals surface area contributed by atoms with Gasteiger partial charge in [-0.3, -0.25) is 0 Å². The summed E-state index contributed by atoms with van der Waals surface area (Å²) in [7, 11) is 0. The van der Waals surface area contributed by atoms with Gasteiger partial charge in [0.25, 0.3) is 0 Å². The highest BCUT2D eigenvalue weighted by Gasteiger charge is 2.42. The van der Waals surface area contributed by atoms with E-state index in [-0.39, 0.29) is 12.8 Å². The molecule has 0 unspecified atom stereocenters. The second-order valence-corrected chi connectivity index (χ2v) is 5.00. The van der Waals surface area contributed by atoms with E-state index in [9.17, 15) is 8.78 Å². The van der Waals surface area contributed by atoms with E-state index < -0.39 is 11.5 Å². The molecular formula is C12H18F2N2. The molecule has 4 heteroatoms. The van der Waals surface area contributed by atoms with Crippen molar-refractivity contribution in [2.75, 3.05) is 0 Å². The molecule has 16 heavy (non-hydrogen) atoms. The average Bonchev–Trinajstić information content (AvgIpc) is 2.52. The van der Waals surface area contributed by atoms with E-state index in [1.54, 1.807) is 0 Å². The summed E-state index contributed by atoms with van der Waals surface area (Å²) in [6, 6.07) is 1.98. The van der Waals surface area contributed by atoms with Crippen LogP contribution in [0.5, 0.6) is 0 Å². The summed E-state index contributed by atoms with van der Waals surface area (Å²) < 4.78 is 26.2. The van der Waals surface area contributed by atoms with E-state index in [1.165, 1.54) is 0 Å². The number of nitrogens with two attached hydrogens (primary N) is 1. The minimum absolute atomic E-state index is 0.104. The van der Waals surface area contributed by atoms with Crippen molar-refractivity contribution < 1.29 is 8.78 Å². The topological polar surface area (TPSA) is 41.8 Å². The zero-order valence-corrected chi connectivity index (χ0v) is 9.74. The van der Waals surface area contributed by atoms with Crippen LogP contribution in [0, 0.1) is 13.8 Å². The first-order chi connectivity index (χ1) is 7.32. The standard InChI is InChI=1S/C12H18F2N2/c1-8-7-10(9(2)16-8)11(15)3-5-12(13,14)6-4-11/h7,16H,3-6,15H2,1-2H3. The van der Waals surface area contributed by atoms with Crippen LogP contribution in [-0.2, 0) is 5.54 Å². The van der Waals surface area contributed by atoms with Crippen LogP contribution in [0.4, 0.5) is 8.78 Å². The predicted molar refractivity (Wildman–Crippen MR) is 59.5 cm³/mol. The van der Waals surface area contributed by atoms with Crippen molar-refractivity contribution in [3.63, 3.8) is 0 Å². The molecule has 1 aromatic heterocycles. The van der Waals surface area contributed by atoms with Gasteiger partial charge in [0.05, 0.1) is 0 Å². The van der Waals surface area contributed by atoms with Crippen molar-refractivity contribution in [1.82, 2.24) is 4.98 Å². The molecule has 0 spiro atoms. The number of aryl methyl sites for hydroxylation is 2. The Morgan fingerprint density at radius 2 is 1.75 bits per heavy atom. The fourth-order valence-corrected chi connectivity index (χ4v) is 2.57. The Balaban J connectivity index is 2.24. The maximum absolute atomic E-state index is 13.1. The third-order valence-electron chi connectivity index (χ3n) is 3.56. The van der Waals surface area contributed by atoms with Gasteiger partial charge in [-0.1, -0.05) is 0 Å². The molecule has 0 aromatic carbocycles. The minimum atomic E-state index is -2.53. The van der Waals surface area contributed by atoms with Gasteiger partial charge in [0.1, 0.15) is 0 Å². The summed E-state index contributed by atoms with van der Waals surface area (Å²) in [5, 5.41) is 0. The van der Waals surface area contributed by atoms with Gasteiger partial charge < -0.3 is 10.7 Å². The molecule has 0 amide bonds. The molecule has 1 aliphatic rings. The second kappa shape index (κ2) is 3.55. The lowest BCUT2D eigenvalue weighted by Gasteiger charge is -2.37. The maximum Gasteiger partial charge on any atom is 0.248 e. The first-order valence-electron chi connectivity index (χ1n) is 5.66. The third-order valence-corrected chi connectivity index (χ3v) is 3.56. The minimum Gasteiger partial charge on any atom is -0.362 e. The smallest absolute Gasteiger partial charge is 0.248 e. The Hall–Kier alpha value is -0.900. The largest absolute Gasteiger partial charge is 0.362 e. The van der Waals surface area contributed by atoms with Crippen molar-refractivity contribution in [1.29, 1.82) is 0 Å². The quantitative estimate of drug-likeness (QED) is 0.762. The van der Waals surface area contributed by atoms with Gasteiger partial charge in [-0.05, 0) is 38.3 Å². The number of hydrogen-bond acceptors (Lipinski definition) is 1. The molecule has 90 valence electrons. The Bertz CT molecular complexity index is 386. The van der Waals surface area contributed by atoms with Crippen molar-refractivity contribution in [3.8, 4) is 0 Å². The van der Waals surface area contributed by atoms with Crippen LogP contribution in [0.1, 0.15) is 42.6 Å². The molecule has 0 bridgehead atoms. The van der Waals surface area contributed by atoms with Gasteiger partial charge >= 0.3 is 0 Å². The van der Waals surface area contributed by atoms with Crippen molar-refractivity contribution in [2.24, 2.45) is 5.73 Å². The monoisotopic (exact) mass is 228 g/mol. The number of hydrogen-bond donors (Lipinski definition) is 2. The van der Waals surface area contributed by atoms with Crippen LogP contribution in [0.15, 0.2) is 6.07 Å². The second-order valence-electron chi connectivity index (χ2n) is 5.00. The lowest BCUT2D eigenvalue weighted by atomic mass is 9.76. The van der Waals surface area contributed by atoms with Gasteiger partial charge in [0.2, 0.25) is 5.92 Å². The zero-order valence-electron chi connectivity index (χ0n) is 9.74. The number of halogens is 2. The first kappa shape index (κ1) is 11.6. The highest BCUT2D eigenvalue weighted by molar-refractivity contribution is 5.32. The number of nitrogens with one attached hydrogen (secondary N) is 1. The van der Waals surface area contributed by atoms with Crippen LogP contribution in [0.3, 0.4) is 0 Å². The predicted octanol–water partition coefficient (Wildman–Crippen LogP) is 2.99. The van der Waals surface area contributed by atoms with Crippen LogP contribution in [0.25, 0.3) is 0 Å². The van der Waals surface area contributed by atoms with Crippen LogP contribution < -0.4 is 5.73 Å². The van der Waals surface area contributed by atoms with Crippen LogP contribution >= 0.6 is 0 Å². The Kier molecular flexibility index (Phi) is 2.57. The van der Waals surface area contributed by atoms with Crippen molar-refractivity contribution >= 4 is 0 Å². The molecule has 0 radical (unpaired) electrons. The number of H-pyrrole nitrogens is 1. The molecule has 1 saturated carbocycles. The summed E-state index contributed by atoms with van der Waals surface area (Å²) in [4.78, 5) is 3.18. The fraction of sp³-hybridized carbons (Fsp3) is 0.667. The third kappa shape index (κ3) is 1.98. The average molecular weight is 228 g/mol. The SMILES string of the molecule is Cc1cc(C2(N)CCC(F)(F)CC2)c(C)[nH]1. The van der Waals surface area contributed by atoms with E-state index in [0.717, 1.165) is 17.0 Å². The van der Waals surface area contributed by atoms with E-state index in [0.29, 0.717) is 12.8 Å². The van der Waals surface area contributed by atoms with Gasteiger partial charge in [0, 0.05) is 29.8 Å². The lowest BCUT2D eigenvalue weighted by molar-refractivity contribution is -0.0514. The molecule has 3 N–H and O–H groups in total. The fourth-order valence-electron chi connectivity index (χ4n) is 2.57. The molecule has 2 rings (SSSR count). The molecular weight excluding hydrogens is 210 g/mol. The zero-order chi connectivity index (χ0) is 12.0. The maximum atomic E-state index is 13.1. The molecule has 1 heterocycles. The van der Waals surface area contributed by atoms with Gasteiger partial charge in [-0.25, -0.2) is 8.78 Å². The summed E-state index contributed by atoms with van der Waals surface area (Å²) in [6.07, 6.45) is 0.511. The Morgan fingerprint density at radius 1 is 1.19 bits per heavy atom.